The van der Waals surface area contributed by atoms with Crippen LogP contribution >= 0.6 is 0 Å². The van der Waals surface area contributed by atoms with E-state index in [1.165, 1.54) is 0 Å². The van der Waals surface area contributed by atoms with E-state index in [-0.39, 0.29) is 6.41 Å². The van der Waals surface area contributed by atoms with Gasteiger partial charge in [0.2, 0.25) is 6.41 Å². The molecule has 5 nitrogen and oxygen atoms in total. The zero-order valence-electron chi connectivity index (χ0n) is 11.6. The predicted octanol–water partition coefficient (Wildman–Crippen LogP) is -0.0120. The lowest BCUT2D eigenvalue weighted by atomic mass is 10.5. The molecule has 0 fully saturated rings. The fourth-order valence-corrected chi connectivity index (χ4v) is 1.22. The Kier molecular flexibility index (Phi) is 8.78. The van der Waals surface area contributed by atoms with E-state index in [2.05, 4.69) is 30.9 Å². The molecule has 1 unspecified atom stereocenters. The first-order chi connectivity index (χ1) is 7.47. The van der Waals surface area contributed by atoms with Gasteiger partial charge in [-0.1, -0.05) is 0 Å². The zero-order chi connectivity index (χ0) is 12.6. The summed E-state index contributed by atoms with van der Waals surface area (Å²) in [4.78, 5) is 6.33. The molecule has 16 heavy (non-hydrogen) atoms. The van der Waals surface area contributed by atoms with Crippen molar-refractivity contribution < 1.29 is 9.47 Å². The average molecular weight is 233 g/mol. The Bertz CT molecular complexity index is 165. The van der Waals surface area contributed by atoms with Crippen LogP contribution in [0.4, 0.5) is 0 Å². The number of hydrogen-bond donors (Lipinski definition) is 0. The molecule has 0 saturated heterocycles. The molecule has 0 bridgehead atoms. The molecule has 0 spiro atoms. The molecule has 0 amide bonds. The van der Waals surface area contributed by atoms with Crippen LogP contribution < -0.4 is 0 Å². The highest BCUT2D eigenvalue weighted by Crippen LogP contribution is 1.96. The van der Waals surface area contributed by atoms with Crippen molar-refractivity contribution in [3.8, 4) is 0 Å². The standard InChI is InChI=1S/C11H27N3O2/c1-12(2)7-8-14(5)9-10-16-11(15-6)13(3)4/h11H,7-10H2,1-6H3. The summed E-state index contributed by atoms with van der Waals surface area (Å²) < 4.78 is 10.7. The van der Waals surface area contributed by atoms with Crippen LogP contribution in [0.2, 0.25) is 0 Å². The Morgan fingerprint density at radius 2 is 1.56 bits per heavy atom. The summed E-state index contributed by atoms with van der Waals surface area (Å²) in [5, 5.41) is 0. The van der Waals surface area contributed by atoms with Gasteiger partial charge in [-0.15, -0.1) is 0 Å². The van der Waals surface area contributed by atoms with E-state index in [0.29, 0.717) is 6.61 Å². The van der Waals surface area contributed by atoms with Crippen LogP contribution in [0.5, 0.6) is 0 Å². The maximum Gasteiger partial charge on any atom is 0.217 e. The van der Waals surface area contributed by atoms with Gasteiger partial charge in [0.05, 0.1) is 6.61 Å². The van der Waals surface area contributed by atoms with E-state index in [4.69, 9.17) is 9.47 Å². The van der Waals surface area contributed by atoms with Gasteiger partial charge < -0.3 is 19.3 Å². The molecule has 0 aromatic heterocycles. The third-order valence-electron chi connectivity index (χ3n) is 2.29. The number of hydrogen-bond acceptors (Lipinski definition) is 5. The van der Waals surface area contributed by atoms with Crippen molar-refractivity contribution in [3.63, 3.8) is 0 Å². The van der Waals surface area contributed by atoms with Crippen LogP contribution in [0.1, 0.15) is 0 Å². The lowest BCUT2D eigenvalue weighted by Crippen LogP contribution is -2.36. The molecule has 0 aliphatic carbocycles. The molecular formula is C11H27N3O2. The number of methoxy groups -OCH3 is 1. The second-order valence-electron chi connectivity index (χ2n) is 4.48. The minimum atomic E-state index is -0.248. The Morgan fingerprint density at radius 3 is 2.00 bits per heavy atom. The Hall–Kier alpha value is -0.200. The van der Waals surface area contributed by atoms with Crippen molar-refractivity contribution in [1.82, 2.24) is 14.7 Å². The normalized spacial score (nSPS) is 14.1. The van der Waals surface area contributed by atoms with Gasteiger partial charge in [0.15, 0.2) is 0 Å². The highest BCUT2D eigenvalue weighted by molar-refractivity contribution is 4.53. The van der Waals surface area contributed by atoms with Crippen molar-refractivity contribution in [2.24, 2.45) is 0 Å². The molecule has 0 heterocycles. The van der Waals surface area contributed by atoms with Gasteiger partial charge >= 0.3 is 0 Å². The molecule has 5 heteroatoms. The first kappa shape index (κ1) is 15.8. The maximum atomic E-state index is 5.58. The largest absolute Gasteiger partial charge is 0.343 e. The third-order valence-corrected chi connectivity index (χ3v) is 2.29. The Labute approximate surface area is 99.9 Å². The maximum absolute atomic E-state index is 5.58. The highest BCUT2D eigenvalue weighted by Gasteiger charge is 2.09. The molecule has 0 radical (unpaired) electrons. The van der Waals surface area contributed by atoms with E-state index in [1.54, 1.807) is 7.11 Å². The molecule has 0 aliphatic rings. The first-order valence-corrected chi connectivity index (χ1v) is 5.61. The van der Waals surface area contributed by atoms with Crippen LogP contribution in [0.15, 0.2) is 0 Å². The summed E-state index contributed by atoms with van der Waals surface area (Å²) >= 11 is 0. The molecule has 1 atom stereocenters. The van der Waals surface area contributed by atoms with Crippen molar-refractivity contribution >= 4 is 0 Å². The van der Waals surface area contributed by atoms with Gasteiger partial charge in [0.25, 0.3) is 0 Å². The summed E-state index contributed by atoms with van der Waals surface area (Å²) in [6.45, 7) is 3.72. The van der Waals surface area contributed by atoms with Crippen molar-refractivity contribution in [2.75, 3.05) is 68.6 Å². The quantitative estimate of drug-likeness (QED) is 0.522. The highest BCUT2D eigenvalue weighted by atomic mass is 16.7. The molecule has 0 aromatic rings. The summed E-state index contributed by atoms with van der Waals surface area (Å²) in [5.41, 5.74) is 0. The number of nitrogens with zero attached hydrogens (tertiary/aromatic N) is 3. The van der Waals surface area contributed by atoms with Crippen LogP contribution in [-0.4, -0.2) is 89.7 Å². The van der Waals surface area contributed by atoms with E-state index in [0.717, 1.165) is 19.6 Å². The predicted molar refractivity (Wildman–Crippen MR) is 66.5 cm³/mol. The molecule has 0 aliphatic heterocycles. The number of likely N-dealkylation sites (N-methyl/N-ethyl adjacent to an activating group) is 2. The molecule has 0 saturated carbocycles. The van der Waals surface area contributed by atoms with Crippen LogP contribution in [0.25, 0.3) is 0 Å². The Morgan fingerprint density at radius 1 is 0.938 bits per heavy atom. The second-order valence-corrected chi connectivity index (χ2v) is 4.48. The van der Waals surface area contributed by atoms with Crippen molar-refractivity contribution in [1.29, 1.82) is 0 Å². The summed E-state index contributed by atoms with van der Waals surface area (Å²) in [6.07, 6.45) is -0.248. The molecule has 0 rings (SSSR count). The lowest BCUT2D eigenvalue weighted by Gasteiger charge is -2.24. The van der Waals surface area contributed by atoms with Gasteiger partial charge in [0, 0.05) is 26.7 Å². The van der Waals surface area contributed by atoms with Gasteiger partial charge in [-0.25, -0.2) is 0 Å². The molecule has 98 valence electrons. The average Bonchev–Trinajstić information content (AvgIpc) is 2.20. The third kappa shape index (κ3) is 8.01. The topological polar surface area (TPSA) is 28.2 Å². The number of ether oxygens (including phenoxy) is 2. The monoisotopic (exact) mass is 233 g/mol. The Balaban J connectivity index is 3.56. The lowest BCUT2D eigenvalue weighted by molar-refractivity contribution is -0.197. The van der Waals surface area contributed by atoms with E-state index in [1.807, 2.05) is 19.0 Å². The smallest absolute Gasteiger partial charge is 0.217 e. The molecule has 0 N–H and O–H groups in total. The van der Waals surface area contributed by atoms with Crippen LogP contribution in [-0.2, 0) is 9.47 Å². The summed E-state index contributed by atoms with van der Waals surface area (Å²) in [5.74, 6) is 0. The van der Waals surface area contributed by atoms with Gasteiger partial charge in [-0.3, -0.25) is 4.90 Å². The fourth-order valence-electron chi connectivity index (χ4n) is 1.22. The van der Waals surface area contributed by atoms with Gasteiger partial charge in [-0.2, -0.15) is 0 Å². The van der Waals surface area contributed by atoms with E-state index in [9.17, 15) is 0 Å². The van der Waals surface area contributed by atoms with E-state index < -0.39 is 0 Å². The SMILES string of the molecule is COC(OCCN(C)CCN(C)C)N(C)C. The summed E-state index contributed by atoms with van der Waals surface area (Å²) in [7, 11) is 11.8. The fraction of sp³-hybridized carbons (Fsp3) is 1.00. The van der Waals surface area contributed by atoms with Gasteiger partial charge in [0.1, 0.15) is 0 Å². The summed E-state index contributed by atoms with van der Waals surface area (Å²) in [6, 6.07) is 0. The minimum absolute atomic E-state index is 0.248. The van der Waals surface area contributed by atoms with Crippen LogP contribution in [0, 0.1) is 0 Å². The zero-order valence-corrected chi connectivity index (χ0v) is 11.6. The van der Waals surface area contributed by atoms with E-state index >= 15 is 0 Å². The molecular weight excluding hydrogens is 206 g/mol. The van der Waals surface area contributed by atoms with Crippen LogP contribution in [0.3, 0.4) is 0 Å². The number of rotatable bonds is 9. The van der Waals surface area contributed by atoms with Gasteiger partial charge in [-0.05, 0) is 35.2 Å². The first-order valence-electron chi connectivity index (χ1n) is 5.61. The second kappa shape index (κ2) is 8.90. The van der Waals surface area contributed by atoms with Crippen molar-refractivity contribution in [3.05, 3.63) is 0 Å². The minimum Gasteiger partial charge on any atom is -0.343 e. The molecule has 0 aromatic carbocycles. The van der Waals surface area contributed by atoms with Crippen molar-refractivity contribution in [2.45, 2.75) is 6.41 Å².